The second kappa shape index (κ2) is 7.15. The maximum absolute atomic E-state index is 12.7. The molecule has 0 aliphatic rings. The molecule has 0 bridgehead atoms. The quantitative estimate of drug-likeness (QED) is 0.689. The van der Waals surface area contributed by atoms with Crippen molar-refractivity contribution in [2.45, 2.75) is 26.6 Å². The van der Waals surface area contributed by atoms with Crippen molar-refractivity contribution in [2.75, 3.05) is 11.4 Å². The van der Waals surface area contributed by atoms with Crippen molar-refractivity contribution >= 4 is 5.69 Å². The van der Waals surface area contributed by atoms with Crippen molar-refractivity contribution in [3.8, 4) is 5.69 Å². The van der Waals surface area contributed by atoms with Crippen molar-refractivity contribution in [3.63, 3.8) is 0 Å². The molecule has 0 saturated heterocycles. The molecule has 0 aliphatic carbocycles. The summed E-state index contributed by atoms with van der Waals surface area (Å²) in [5.74, 6) is 0.551. The number of aromatic nitrogens is 4. The lowest BCUT2D eigenvalue weighted by atomic mass is 10.2. The molecule has 3 rings (SSSR count). The number of benzene rings is 2. The summed E-state index contributed by atoms with van der Waals surface area (Å²) < 4.78 is 39.7. The van der Waals surface area contributed by atoms with Gasteiger partial charge in [-0.1, -0.05) is 18.2 Å². The van der Waals surface area contributed by atoms with Gasteiger partial charge in [-0.05, 0) is 60.2 Å². The van der Waals surface area contributed by atoms with Gasteiger partial charge in [0.25, 0.3) is 0 Å². The zero-order valence-electron chi connectivity index (χ0n) is 14.4. The Morgan fingerprint density at radius 1 is 1.04 bits per heavy atom. The molecule has 2 aromatic carbocycles. The van der Waals surface area contributed by atoms with Crippen LogP contribution in [0.25, 0.3) is 5.69 Å². The van der Waals surface area contributed by atoms with Crippen molar-refractivity contribution < 1.29 is 13.2 Å². The average Bonchev–Trinajstić information content (AvgIpc) is 3.08. The maximum Gasteiger partial charge on any atom is 0.416 e. The molecule has 0 N–H and O–H groups in total. The van der Waals surface area contributed by atoms with Crippen LogP contribution in [-0.2, 0) is 12.7 Å². The molecule has 26 heavy (non-hydrogen) atoms. The minimum atomic E-state index is -4.37. The molecule has 3 aromatic rings. The third-order valence-electron chi connectivity index (χ3n) is 4.14. The third-order valence-corrected chi connectivity index (χ3v) is 4.14. The topological polar surface area (TPSA) is 46.8 Å². The van der Waals surface area contributed by atoms with Gasteiger partial charge in [-0.3, -0.25) is 0 Å². The fraction of sp³-hybridized carbons (Fsp3) is 0.278. The largest absolute Gasteiger partial charge is 0.416 e. The zero-order valence-corrected chi connectivity index (χ0v) is 14.4. The first kappa shape index (κ1) is 17.9. The predicted octanol–water partition coefficient (Wildman–Crippen LogP) is 4.02. The van der Waals surface area contributed by atoms with Crippen LogP contribution in [0, 0.1) is 6.92 Å². The van der Waals surface area contributed by atoms with Gasteiger partial charge < -0.3 is 4.90 Å². The molecule has 0 amide bonds. The highest BCUT2D eigenvalue weighted by atomic mass is 19.4. The second-order valence-corrected chi connectivity index (χ2v) is 5.85. The summed E-state index contributed by atoms with van der Waals surface area (Å²) >= 11 is 0. The Hall–Kier alpha value is -2.90. The Kier molecular flexibility index (Phi) is 4.92. The van der Waals surface area contributed by atoms with Crippen LogP contribution in [0.5, 0.6) is 0 Å². The van der Waals surface area contributed by atoms with E-state index in [1.165, 1.54) is 16.8 Å². The second-order valence-electron chi connectivity index (χ2n) is 5.85. The van der Waals surface area contributed by atoms with E-state index < -0.39 is 11.7 Å². The van der Waals surface area contributed by atoms with Gasteiger partial charge in [-0.15, -0.1) is 5.10 Å². The molecule has 0 radical (unpaired) electrons. The van der Waals surface area contributed by atoms with Crippen molar-refractivity contribution in [1.82, 2.24) is 20.2 Å². The molecule has 0 unspecified atom stereocenters. The minimum absolute atomic E-state index is 0.440. The number of halogens is 3. The van der Waals surface area contributed by atoms with Crippen LogP contribution in [0.1, 0.15) is 23.9 Å². The predicted molar refractivity (Wildman–Crippen MR) is 92.1 cm³/mol. The molecule has 5 nitrogen and oxygen atoms in total. The minimum Gasteiger partial charge on any atom is -0.364 e. The van der Waals surface area contributed by atoms with Crippen molar-refractivity contribution in [2.24, 2.45) is 0 Å². The smallest absolute Gasteiger partial charge is 0.364 e. The Balaban J connectivity index is 1.88. The Morgan fingerprint density at radius 3 is 2.35 bits per heavy atom. The van der Waals surface area contributed by atoms with E-state index in [2.05, 4.69) is 20.4 Å². The van der Waals surface area contributed by atoms with E-state index in [9.17, 15) is 13.2 Å². The zero-order chi connectivity index (χ0) is 18.7. The average molecular weight is 361 g/mol. The lowest BCUT2D eigenvalue weighted by Gasteiger charge is -2.24. The van der Waals surface area contributed by atoms with Crippen molar-refractivity contribution in [1.29, 1.82) is 0 Å². The van der Waals surface area contributed by atoms with E-state index in [4.69, 9.17) is 0 Å². The summed E-state index contributed by atoms with van der Waals surface area (Å²) in [5.41, 5.74) is 1.98. The number of hydrogen-bond donors (Lipinski definition) is 0. The van der Waals surface area contributed by atoms with Crippen LogP contribution in [0.3, 0.4) is 0 Å². The summed E-state index contributed by atoms with van der Waals surface area (Å²) in [6.07, 6.45) is -4.37. The van der Waals surface area contributed by atoms with Gasteiger partial charge in [0.2, 0.25) is 0 Å². The number of para-hydroxylation sites is 1. The highest BCUT2D eigenvalue weighted by Gasteiger charge is 2.30. The molecule has 1 heterocycles. The molecule has 0 fully saturated rings. The molecule has 0 atom stereocenters. The monoisotopic (exact) mass is 361 g/mol. The summed E-state index contributed by atoms with van der Waals surface area (Å²) in [6.45, 7) is 5.23. The highest BCUT2D eigenvalue weighted by molar-refractivity contribution is 5.53. The van der Waals surface area contributed by atoms with E-state index in [1.54, 1.807) is 0 Å². The van der Waals surface area contributed by atoms with Gasteiger partial charge in [0.15, 0.2) is 5.82 Å². The molecular weight excluding hydrogens is 343 g/mol. The summed E-state index contributed by atoms with van der Waals surface area (Å²) in [6, 6.07) is 12.8. The number of anilines is 1. The van der Waals surface area contributed by atoms with Gasteiger partial charge in [0, 0.05) is 12.2 Å². The molecular formula is C18H18F3N5. The Bertz CT molecular complexity index is 871. The van der Waals surface area contributed by atoms with Crippen LogP contribution in [-0.4, -0.2) is 26.8 Å². The summed E-state index contributed by atoms with van der Waals surface area (Å²) in [5, 5.41) is 11.7. The third kappa shape index (κ3) is 3.68. The van der Waals surface area contributed by atoms with E-state index >= 15 is 0 Å². The number of nitrogens with zero attached hydrogens (tertiary/aromatic N) is 5. The lowest BCUT2D eigenvalue weighted by Crippen LogP contribution is -2.25. The van der Waals surface area contributed by atoms with Gasteiger partial charge in [-0.25, -0.2) is 0 Å². The summed E-state index contributed by atoms with van der Waals surface area (Å²) in [7, 11) is 0. The molecule has 1 aromatic heterocycles. The fourth-order valence-corrected chi connectivity index (χ4v) is 2.75. The van der Waals surface area contributed by atoms with Gasteiger partial charge in [-0.2, -0.15) is 17.9 Å². The van der Waals surface area contributed by atoms with Crippen LogP contribution < -0.4 is 4.90 Å². The van der Waals surface area contributed by atoms with Gasteiger partial charge >= 0.3 is 6.18 Å². The Morgan fingerprint density at radius 2 is 1.73 bits per heavy atom. The first-order chi connectivity index (χ1) is 12.4. The maximum atomic E-state index is 12.7. The number of tetrazole rings is 1. The fourth-order valence-electron chi connectivity index (χ4n) is 2.75. The van der Waals surface area contributed by atoms with Gasteiger partial charge in [0.05, 0.1) is 17.8 Å². The van der Waals surface area contributed by atoms with Crippen molar-refractivity contribution in [3.05, 3.63) is 65.5 Å². The first-order valence-corrected chi connectivity index (χ1v) is 8.15. The van der Waals surface area contributed by atoms with Crippen LogP contribution in [0.4, 0.5) is 18.9 Å². The standard InChI is InChI=1S/C18H18F3N5/c1-3-25(16-7-5-4-6-13(16)2)12-17-22-23-24-26(17)15-10-8-14(9-11-15)18(19,20)21/h4-11H,3,12H2,1-2H3. The van der Waals surface area contributed by atoms with Crippen LogP contribution in [0.15, 0.2) is 48.5 Å². The van der Waals surface area contributed by atoms with E-state index in [0.717, 1.165) is 29.9 Å². The molecule has 0 aliphatic heterocycles. The number of hydrogen-bond acceptors (Lipinski definition) is 4. The number of rotatable bonds is 5. The van der Waals surface area contributed by atoms with Crippen LogP contribution >= 0.6 is 0 Å². The summed E-state index contributed by atoms with van der Waals surface area (Å²) in [4.78, 5) is 2.11. The van der Waals surface area contributed by atoms with E-state index in [0.29, 0.717) is 18.1 Å². The molecule has 136 valence electrons. The lowest BCUT2D eigenvalue weighted by molar-refractivity contribution is -0.137. The van der Waals surface area contributed by atoms with E-state index in [-0.39, 0.29) is 0 Å². The normalized spacial score (nSPS) is 11.6. The van der Waals surface area contributed by atoms with Gasteiger partial charge in [0.1, 0.15) is 0 Å². The molecule has 0 spiro atoms. The SMILES string of the molecule is CCN(Cc1nnnn1-c1ccc(C(F)(F)F)cc1)c1ccccc1C. The highest BCUT2D eigenvalue weighted by Crippen LogP contribution is 2.29. The van der Waals surface area contributed by atoms with Crippen LogP contribution in [0.2, 0.25) is 0 Å². The number of alkyl halides is 3. The Labute approximate surface area is 149 Å². The first-order valence-electron chi connectivity index (χ1n) is 8.15. The van der Waals surface area contributed by atoms with E-state index in [1.807, 2.05) is 38.1 Å². The molecule has 8 heteroatoms. The number of aryl methyl sites for hydroxylation is 1. The molecule has 0 saturated carbocycles.